The number of rotatable bonds is 6. The van der Waals surface area contributed by atoms with Crippen molar-refractivity contribution >= 4 is 35.1 Å². The van der Waals surface area contributed by atoms with Gasteiger partial charge in [-0.2, -0.15) is 5.26 Å². The van der Waals surface area contributed by atoms with Gasteiger partial charge in [0.15, 0.2) is 0 Å². The van der Waals surface area contributed by atoms with E-state index in [1.807, 2.05) is 6.26 Å². The van der Waals surface area contributed by atoms with Crippen LogP contribution in [0.25, 0.3) is 0 Å². The van der Waals surface area contributed by atoms with Crippen LogP contribution in [0.5, 0.6) is 0 Å². The monoisotopic (exact) mass is 407 g/mol. The number of hydrogen-bond donors (Lipinski definition) is 3. The molecule has 3 amide bonds. The second-order valence-corrected chi connectivity index (χ2v) is 8.06. The molecular formula is C21H21N5O2S. The van der Waals surface area contributed by atoms with E-state index in [9.17, 15) is 14.9 Å². The minimum Gasteiger partial charge on any atom is -0.335 e. The van der Waals surface area contributed by atoms with Gasteiger partial charge in [-0.1, -0.05) is 0 Å². The summed E-state index contributed by atoms with van der Waals surface area (Å²) in [6, 6.07) is 10.8. The number of carbonyl (C=O) groups excluding carboxylic acids is 2. The average molecular weight is 407 g/mol. The van der Waals surface area contributed by atoms with E-state index in [4.69, 9.17) is 0 Å². The number of anilines is 2. The number of urea groups is 1. The fourth-order valence-corrected chi connectivity index (χ4v) is 3.54. The summed E-state index contributed by atoms with van der Waals surface area (Å²) in [5.41, 5.74) is 2.75. The molecule has 148 valence electrons. The van der Waals surface area contributed by atoms with Gasteiger partial charge in [-0.05, 0) is 62.3 Å². The molecule has 7 nitrogen and oxygen atoms in total. The molecule has 2 saturated carbocycles. The quantitative estimate of drug-likeness (QED) is 0.625. The molecule has 1 aromatic carbocycles. The fraction of sp³-hybridized carbons (Fsp3) is 0.333. The van der Waals surface area contributed by atoms with E-state index in [1.54, 1.807) is 30.3 Å². The maximum Gasteiger partial charge on any atom is 0.319 e. The largest absolute Gasteiger partial charge is 0.335 e. The zero-order chi connectivity index (χ0) is 20.4. The van der Waals surface area contributed by atoms with Crippen molar-refractivity contribution < 1.29 is 9.59 Å². The van der Waals surface area contributed by atoms with Crippen LogP contribution < -0.4 is 16.0 Å². The van der Waals surface area contributed by atoms with Crippen molar-refractivity contribution in [3.8, 4) is 6.07 Å². The molecule has 1 heterocycles. The van der Waals surface area contributed by atoms with Crippen LogP contribution >= 0.6 is 11.8 Å². The Bertz CT molecular complexity index is 991. The number of nitriles is 1. The smallest absolute Gasteiger partial charge is 0.319 e. The normalized spacial score (nSPS) is 15.3. The molecule has 0 bridgehead atoms. The maximum absolute atomic E-state index is 12.9. The van der Waals surface area contributed by atoms with E-state index in [-0.39, 0.29) is 18.0 Å². The summed E-state index contributed by atoms with van der Waals surface area (Å²) in [6.45, 7) is 0. The fourth-order valence-electron chi connectivity index (χ4n) is 2.98. The summed E-state index contributed by atoms with van der Waals surface area (Å²) in [7, 11) is 0. The molecule has 1 aromatic heterocycles. The Balaban J connectivity index is 1.48. The van der Waals surface area contributed by atoms with Crippen molar-refractivity contribution in [2.45, 2.75) is 42.7 Å². The number of carbonyl (C=O) groups is 2. The molecule has 4 rings (SSSR count). The highest BCUT2D eigenvalue weighted by Crippen LogP contribution is 2.40. The van der Waals surface area contributed by atoms with E-state index < -0.39 is 0 Å². The SMILES string of the molecule is CSc1nc(C2CC2)cc(C(=O)Nc2ccc(NC(=O)NC3CC3)cc2)c1C#N. The van der Waals surface area contributed by atoms with Crippen LogP contribution in [0, 0.1) is 11.3 Å². The van der Waals surface area contributed by atoms with Crippen molar-refractivity contribution in [3.63, 3.8) is 0 Å². The summed E-state index contributed by atoms with van der Waals surface area (Å²) in [5, 5.41) is 18.6. The van der Waals surface area contributed by atoms with Gasteiger partial charge in [-0.3, -0.25) is 4.79 Å². The molecule has 2 aliphatic carbocycles. The Hall–Kier alpha value is -3.05. The molecule has 0 spiro atoms. The lowest BCUT2D eigenvalue weighted by Gasteiger charge is -2.12. The minimum absolute atomic E-state index is 0.225. The average Bonchev–Trinajstić information content (AvgIpc) is 3.62. The molecule has 0 atom stereocenters. The Labute approximate surface area is 173 Å². The van der Waals surface area contributed by atoms with E-state index in [2.05, 4.69) is 27.0 Å². The van der Waals surface area contributed by atoms with E-state index in [1.165, 1.54) is 11.8 Å². The van der Waals surface area contributed by atoms with Crippen LogP contribution in [0.15, 0.2) is 35.4 Å². The maximum atomic E-state index is 12.9. The molecule has 3 N–H and O–H groups in total. The zero-order valence-electron chi connectivity index (χ0n) is 16.0. The molecule has 0 saturated heterocycles. The third-order valence-corrected chi connectivity index (χ3v) is 5.55. The number of nitrogens with one attached hydrogen (secondary N) is 3. The van der Waals surface area contributed by atoms with Gasteiger partial charge in [0.05, 0.1) is 11.1 Å². The summed E-state index contributed by atoms with van der Waals surface area (Å²) in [4.78, 5) is 29.2. The topological polar surface area (TPSA) is 107 Å². The lowest BCUT2D eigenvalue weighted by atomic mass is 10.1. The van der Waals surface area contributed by atoms with Crippen LogP contribution in [0.1, 0.15) is 53.2 Å². The highest BCUT2D eigenvalue weighted by molar-refractivity contribution is 7.98. The van der Waals surface area contributed by atoms with E-state index in [0.29, 0.717) is 33.4 Å². The predicted molar refractivity (Wildman–Crippen MR) is 112 cm³/mol. The van der Waals surface area contributed by atoms with Crippen molar-refractivity contribution in [2.75, 3.05) is 16.9 Å². The van der Waals surface area contributed by atoms with Crippen LogP contribution in [0.4, 0.5) is 16.2 Å². The Kier molecular flexibility index (Phi) is 5.41. The van der Waals surface area contributed by atoms with Crippen molar-refractivity contribution in [3.05, 3.63) is 47.2 Å². The van der Waals surface area contributed by atoms with Crippen molar-refractivity contribution in [1.29, 1.82) is 5.26 Å². The summed E-state index contributed by atoms with van der Waals surface area (Å²) in [5.74, 6) is 0.0423. The van der Waals surface area contributed by atoms with Gasteiger partial charge < -0.3 is 16.0 Å². The lowest BCUT2D eigenvalue weighted by Crippen LogP contribution is -2.30. The molecule has 29 heavy (non-hydrogen) atoms. The predicted octanol–water partition coefficient (Wildman–Crippen LogP) is 4.09. The Morgan fingerprint density at radius 3 is 2.31 bits per heavy atom. The number of nitrogens with zero attached hydrogens (tertiary/aromatic N) is 2. The molecule has 0 aliphatic heterocycles. The zero-order valence-corrected chi connectivity index (χ0v) is 16.8. The van der Waals surface area contributed by atoms with Crippen LogP contribution in [0.2, 0.25) is 0 Å². The van der Waals surface area contributed by atoms with Crippen LogP contribution in [-0.2, 0) is 0 Å². The first kappa shape index (κ1) is 19.3. The number of pyridine rings is 1. The standard InChI is InChI=1S/C21H21N5O2S/c1-29-20-17(11-22)16(10-18(26-20)12-2-3-12)19(27)23-13-4-6-14(7-5-13)24-21(28)25-15-8-9-15/h4-7,10,12,15H,2-3,8-9H2,1H3,(H,23,27)(H2,24,25,28). The van der Waals surface area contributed by atoms with Crippen LogP contribution in [-0.4, -0.2) is 29.2 Å². The van der Waals surface area contributed by atoms with Crippen molar-refractivity contribution in [1.82, 2.24) is 10.3 Å². The first-order valence-corrected chi connectivity index (χ1v) is 10.8. The Morgan fingerprint density at radius 2 is 1.76 bits per heavy atom. The van der Waals surface area contributed by atoms with Gasteiger partial charge in [-0.15, -0.1) is 11.8 Å². The molecule has 2 aliphatic rings. The highest BCUT2D eigenvalue weighted by Gasteiger charge is 2.28. The third kappa shape index (κ3) is 4.69. The third-order valence-electron chi connectivity index (χ3n) is 4.86. The van der Waals surface area contributed by atoms with E-state index >= 15 is 0 Å². The Morgan fingerprint density at radius 1 is 1.10 bits per heavy atom. The lowest BCUT2D eigenvalue weighted by molar-refractivity contribution is 0.102. The van der Waals surface area contributed by atoms with Gasteiger partial charge in [0.25, 0.3) is 5.91 Å². The number of benzene rings is 1. The molecule has 2 aromatic rings. The molecule has 0 unspecified atom stereocenters. The second-order valence-electron chi connectivity index (χ2n) is 7.27. The van der Waals surface area contributed by atoms with E-state index in [0.717, 1.165) is 31.4 Å². The van der Waals surface area contributed by atoms with Gasteiger partial charge >= 0.3 is 6.03 Å². The minimum atomic E-state index is -0.340. The first-order valence-electron chi connectivity index (χ1n) is 9.55. The van der Waals surface area contributed by atoms with Gasteiger partial charge in [0.2, 0.25) is 0 Å². The van der Waals surface area contributed by atoms with Crippen LogP contribution in [0.3, 0.4) is 0 Å². The van der Waals surface area contributed by atoms with Gasteiger partial charge in [0.1, 0.15) is 11.1 Å². The summed E-state index contributed by atoms with van der Waals surface area (Å²) < 4.78 is 0. The summed E-state index contributed by atoms with van der Waals surface area (Å²) >= 11 is 1.37. The van der Waals surface area contributed by atoms with Gasteiger partial charge in [0, 0.05) is 29.0 Å². The van der Waals surface area contributed by atoms with Crippen molar-refractivity contribution in [2.24, 2.45) is 0 Å². The number of aromatic nitrogens is 1. The molecule has 2 fully saturated rings. The second kappa shape index (κ2) is 8.13. The van der Waals surface area contributed by atoms with Gasteiger partial charge in [-0.25, -0.2) is 9.78 Å². The number of hydrogen-bond acceptors (Lipinski definition) is 5. The number of thioether (sulfide) groups is 1. The highest BCUT2D eigenvalue weighted by atomic mass is 32.2. The number of amides is 3. The summed E-state index contributed by atoms with van der Waals surface area (Å²) in [6.07, 6.45) is 6.04. The molecule has 0 radical (unpaired) electrons. The molecule has 8 heteroatoms. The first-order chi connectivity index (χ1) is 14.1. The molecular weight excluding hydrogens is 386 g/mol.